The highest BCUT2D eigenvalue weighted by Gasteiger charge is 2.27. The van der Waals surface area contributed by atoms with Gasteiger partial charge in [-0.2, -0.15) is 0 Å². The van der Waals surface area contributed by atoms with Gasteiger partial charge in [-0.15, -0.1) is 0 Å². The van der Waals surface area contributed by atoms with Crippen molar-refractivity contribution in [3.8, 4) is 5.75 Å². The summed E-state index contributed by atoms with van der Waals surface area (Å²) in [5.41, 5.74) is 2.15. The molecule has 4 heteroatoms. The molecule has 4 rings (SSSR count). The number of rotatable bonds is 11. The van der Waals surface area contributed by atoms with Crippen molar-refractivity contribution in [1.82, 2.24) is 0 Å². The van der Waals surface area contributed by atoms with E-state index in [1.54, 1.807) is 12.1 Å². The summed E-state index contributed by atoms with van der Waals surface area (Å²) in [5, 5.41) is 0. The zero-order valence-electron chi connectivity index (χ0n) is 22.8. The van der Waals surface area contributed by atoms with Gasteiger partial charge >= 0.3 is 0 Å². The second kappa shape index (κ2) is 13.7. The highest BCUT2D eigenvalue weighted by molar-refractivity contribution is 5.32. The molecule has 0 aromatic heterocycles. The van der Waals surface area contributed by atoms with E-state index in [1.807, 2.05) is 25.1 Å². The summed E-state index contributed by atoms with van der Waals surface area (Å²) in [4.78, 5) is 0. The SMILES string of the molecule is CCCCCC1CCC(c2ccc(CCC3CCC(c4ccc(OCC)c(F)c4)CC3)c(F)c2F)CC1. The number of hydrogen-bond donors (Lipinski definition) is 0. The van der Waals surface area contributed by atoms with E-state index in [2.05, 4.69) is 6.92 Å². The van der Waals surface area contributed by atoms with Crippen LogP contribution in [0.25, 0.3) is 0 Å². The number of benzene rings is 2. The van der Waals surface area contributed by atoms with E-state index < -0.39 is 11.6 Å². The molecule has 2 aliphatic carbocycles. The van der Waals surface area contributed by atoms with Gasteiger partial charge < -0.3 is 4.74 Å². The van der Waals surface area contributed by atoms with Crippen molar-refractivity contribution in [2.45, 2.75) is 116 Å². The maximum Gasteiger partial charge on any atom is 0.165 e. The van der Waals surface area contributed by atoms with Crippen LogP contribution in [-0.2, 0) is 6.42 Å². The molecule has 37 heavy (non-hydrogen) atoms. The molecule has 2 aromatic carbocycles. The first-order chi connectivity index (χ1) is 18.0. The molecule has 2 fully saturated rings. The second-order valence-corrected chi connectivity index (χ2v) is 11.5. The molecule has 0 bridgehead atoms. The summed E-state index contributed by atoms with van der Waals surface area (Å²) in [5.74, 6) is 0.588. The molecule has 0 saturated heterocycles. The molecule has 0 radical (unpaired) electrons. The van der Waals surface area contributed by atoms with E-state index in [4.69, 9.17) is 4.74 Å². The number of unbranched alkanes of at least 4 members (excludes halogenated alkanes) is 2. The van der Waals surface area contributed by atoms with Crippen molar-refractivity contribution in [3.05, 3.63) is 64.5 Å². The standard InChI is InChI=1S/C33H45F3O/c1-3-5-6-7-23-10-15-26(16-11-23)29-20-18-27(32(35)33(29)36)17-12-24-8-13-25(14-9-24)28-19-21-31(37-4-2)30(34)22-28/h18-26H,3-17H2,1-2H3. The van der Waals surface area contributed by atoms with Crippen LogP contribution >= 0.6 is 0 Å². The van der Waals surface area contributed by atoms with Gasteiger partial charge in [-0.05, 0) is 124 Å². The van der Waals surface area contributed by atoms with E-state index >= 15 is 8.78 Å². The third-order valence-corrected chi connectivity index (χ3v) is 9.09. The number of ether oxygens (including phenoxy) is 1. The number of aryl methyl sites for hydroxylation is 1. The zero-order valence-corrected chi connectivity index (χ0v) is 22.8. The molecule has 0 heterocycles. The van der Waals surface area contributed by atoms with Crippen molar-refractivity contribution in [3.63, 3.8) is 0 Å². The molecule has 0 N–H and O–H groups in total. The predicted molar refractivity (Wildman–Crippen MR) is 146 cm³/mol. The van der Waals surface area contributed by atoms with Gasteiger partial charge in [0.25, 0.3) is 0 Å². The van der Waals surface area contributed by atoms with Crippen molar-refractivity contribution in [1.29, 1.82) is 0 Å². The minimum absolute atomic E-state index is 0.161. The summed E-state index contributed by atoms with van der Waals surface area (Å²) in [6.45, 7) is 4.54. The number of halogens is 3. The van der Waals surface area contributed by atoms with Crippen molar-refractivity contribution in [2.24, 2.45) is 11.8 Å². The molecule has 0 unspecified atom stereocenters. The first kappa shape index (κ1) is 28.0. The molecule has 2 aliphatic rings. The minimum Gasteiger partial charge on any atom is -0.491 e. The van der Waals surface area contributed by atoms with Crippen LogP contribution in [0.5, 0.6) is 5.75 Å². The Hall–Kier alpha value is -1.97. The fourth-order valence-corrected chi connectivity index (χ4v) is 6.75. The number of hydrogen-bond acceptors (Lipinski definition) is 1. The maximum atomic E-state index is 15.1. The van der Waals surface area contributed by atoms with E-state index in [9.17, 15) is 4.39 Å². The van der Waals surface area contributed by atoms with Gasteiger partial charge in [-0.25, -0.2) is 13.2 Å². The average molecular weight is 515 g/mol. The Morgan fingerprint density at radius 3 is 2.05 bits per heavy atom. The highest BCUT2D eigenvalue weighted by atomic mass is 19.2. The van der Waals surface area contributed by atoms with E-state index in [0.717, 1.165) is 69.3 Å². The Bertz CT molecular complexity index is 987. The molecule has 204 valence electrons. The van der Waals surface area contributed by atoms with Crippen LogP contribution in [0, 0.1) is 29.3 Å². The first-order valence-electron chi connectivity index (χ1n) is 14.9. The van der Waals surface area contributed by atoms with Crippen molar-refractivity contribution in [2.75, 3.05) is 6.61 Å². The van der Waals surface area contributed by atoms with E-state index in [0.29, 0.717) is 41.7 Å². The molecule has 2 saturated carbocycles. The monoisotopic (exact) mass is 514 g/mol. The fourth-order valence-electron chi connectivity index (χ4n) is 6.75. The molecule has 0 spiro atoms. The van der Waals surface area contributed by atoms with Crippen LogP contribution < -0.4 is 4.74 Å². The lowest BCUT2D eigenvalue weighted by Crippen LogP contribution is -2.16. The second-order valence-electron chi connectivity index (χ2n) is 11.5. The maximum absolute atomic E-state index is 15.1. The third kappa shape index (κ3) is 7.33. The summed E-state index contributed by atoms with van der Waals surface area (Å²) in [6.07, 6.45) is 14.9. The lowest BCUT2D eigenvalue weighted by molar-refractivity contribution is 0.297. The van der Waals surface area contributed by atoms with Gasteiger partial charge in [0.2, 0.25) is 0 Å². The van der Waals surface area contributed by atoms with Crippen LogP contribution in [0.3, 0.4) is 0 Å². The minimum atomic E-state index is -0.624. The summed E-state index contributed by atoms with van der Waals surface area (Å²) in [6, 6.07) is 9.05. The summed E-state index contributed by atoms with van der Waals surface area (Å²) in [7, 11) is 0. The topological polar surface area (TPSA) is 9.23 Å². The first-order valence-corrected chi connectivity index (χ1v) is 14.9. The van der Waals surface area contributed by atoms with Gasteiger partial charge in [-0.3, -0.25) is 0 Å². The van der Waals surface area contributed by atoms with E-state index in [1.165, 1.54) is 25.7 Å². The van der Waals surface area contributed by atoms with Gasteiger partial charge in [0, 0.05) is 0 Å². The van der Waals surface area contributed by atoms with Crippen molar-refractivity contribution < 1.29 is 17.9 Å². The normalized spacial score (nSPS) is 24.2. The van der Waals surface area contributed by atoms with Crippen LogP contribution in [0.1, 0.15) is 126 Å². The Labute approximate surface area is 222 Å². The summed E-state index contributed by atoms with van der Waals surface area (Å²) >= 11 is 0. The lowest BCUT2D eigenvalue weighted by Gasteiger charge is -2.30. The van der Waals surface area contributed by atoms with Crippen LogP contribution in [0.15, 0.2) is 30.3 Å². The fraction of sp³-hybridized carbons (Fsp3) is 0.636. The van der Waals surface area contributed by atoms with Gasteiger partial charge in [0.05, 0.1) is 6.61 Å². The summed E-state index contributed by atoms with van der Waals surface area (Å²) < 4.78 is 49.7. The van der Waals surface area contributed by atoms with Gasteiger partial charge in [0.15, 0.2) is 23.2 Å². The molecular formula is C33H45F3O. The van der Waals surface area contributed by atoms with Gasteiger partial charge in [0.1, 0.15) is 0 Å². The Balaban J connectivity index is 1.25. The Morgan fingerprint density at radius 1 is 0.730 bits per heavy atom. The molecule has 0 amide bonds. The van der Waals surface area contributed by atoms with Crippen LogP contribution in [0.4, 0.5) is 13.2 Å². The molecule has 0 aliphatic heterocycles. The smallest absolute Gasteiger partial charge is 0.165 e. The van der Waals surface area contributed by atoms with Crippen molar-refractivity contribution >= 4 is 0 Å². The third-order valence-electron chi connectivity index (χ3n) is 9.09. The quantitative estimate of drug-likeness (QED) is 0.271. The molecular weight excluding hydrogens is 469 g/mol. The van der Waals surface area contributed by atoms with Gasteiger partial charge in [-0.1, -0.05) is 50.8 Å². The lowest BCUT2D eigenvalue weighted by atomic mass is 9.76. The molecule has 0 atom stereocenters. The molecule has 2 aromatic rings. The zero-order chi connectivity index (χ0) is 26.2. The highest BCUT2D eigenvalue weighted by Crippen LogP contribution is 2.41. The predicted octanol–water partition coefficient (Wildman–Crippen LogP) is 10.3. The largest absolute Gasteiger partial charge is 0.491 e. The van der Waals surface area contributed by atoms with E-state index in [-0.39, 0.29) is 11.7 Å². The Morgan fingerprint density at radius 2 is 1.41 bits per heavy atom. The Kier molecular flexibility index (Phi) is 10.4. The van der Waals surface area contributed by atoms with Crippen LogP contribution in [0.2, 0.25) is 0 Å². The van der Waals surface area contributed by atoms with Crippen LogP contribution in [-0.4, -0.2) is 6.61 Å². The average Bonchev–Trinajstić information content (AvgIpc) is 2.92. The molecule has 1 nitrogen and oxygen atoms in total.